The molecule has 6 heteroatoms. The predicted molar refractivity (Wildman–Crippen MR) is 86.0 cm³/mol. The summed E-state index contributed by atoms with van der Waals surface area (Å²) in [7, 11) is 0. The van der Waals surface area contributed by atoms with Gasteiger partial charge >= 0.3 is 0 Å². The molecule has 0 bridgehead atoms. The molecule has 1 aliphatic heterocycles. The highest BCUT2D eigenvalue weighted by Crippen LogP contribution is 2.24. The van der Waals surface area contributed by atoms with Crippen LogP contribution in [0.3, 0.4) is 0 Å². The zero-order valence-corrected chi connectivity index (χ0v) is 13.4. The van der Waals surface area contributed by atoms with Crippen LogP contribution in [0.2, 0.25) is 0 Å². The Balaban J connectivity index is 1.66. The number of piperidine rings is 1. The molecule has 3 heterocycles. The van der Waals surface area contributed by atoms with Crippen LogP contribution in [0.5, 0.6) is 0 Å². The molecule has 0 saturated carbocycles. The molecule has 1 amide bonds. The van der Waals surface area contributed by atoms with E-state index in [0.717, 1.165) is 24.5 Å². The summed E-state index contributed by atoms with van der Waals surface area (Å²) in [5.74, 6) is 0.688. The zero-order valence-electron chi connectivity index (χ0n) is 13.4. The number of carbonyl (C=O) groups is 1. The maximum absolute atomic E-state index is 12.3. The van der Waals surface area contributed by atoms with Crippen molar-refractivity contribution in [2.45, 2.75) is 32.2 Å². The molecular weight excluding hydrogens is 292 g/mol. The Kier molecular flexibility index (Phi) is 5.02. The zero-order chi connectivity index (χ0) is 16.1. The van der Waals surface area contributed by atoms with Crippen LogP contribution in [-0.4, -0.2) is 40.4 Å². The fourth-order valence-electron chi connectivity index (χ4n) is 2.91. The molecule has 2 aromatic rings. The molecule has 1 atom stereocenters. The van der Waals surface area contributed by atoms with E-state index in [1.807, 2.05) is 19.1 Å². The van der Waals surface area contributed by atoms with E-state index < -0.39 is 0 Å². The Labute approximate surface area is 135 Å². The molecule has 1 fully saturated rings. The minimum Gasteiger partial charge on any atom is -0.468 e. The molecule has 3 rings (SSSR count). The van der Waals surface area contributed by atoms with Crippen LogP contribution in [0.1, 0.15) is 47.2 Å². The summed E-state index contributed by atoms with van der Waals surface area (Å²) in [6, 6.07) is 3.92. The van der Waals surface area contributed by atoms with Gasteiger partial charge in [0, 0.05) is 12.7 Å². The number of likely N-dealkylation sites (tertiary alicyclic amines) is 1. The average molecular weight is 314 g/mol. The van der Waals surface area contributed by atoms with Gasteiger partial charge in [0.25, 0.3) is 5.91 Å². The van der Waals surface area contributed by atoms with Crippen LogP contribution in [0.4, 0.5) is 0 Å². The highest BCUT2D eigenvalue weighted by molar-refractivity contribution is 5.91. The minimum atomic E-state index is -0.203. The molecule has 0 spiro atoms. The fourth-order valence-corrected chi connectivity index (χ4v) is 2.91. The molecule has 1 N–H and O–H groups in total. The van der Waals surface area contributed by atoms with Crippen molar-refractivity contribution in [3.63, 3.8) is 0 Å². The minimum absolute atomic E-state index is 0.0626. The number of aryl methyl sites for hydroxylation is 1. The molecular formula is C17H22N4O2. The van der Waals surface area contributed by atoms with Crippen LogP contribution in [-0.2, 0) is 0 Å². The first-order valence-corrected chi connectivity index (χ1v) is 8.08. The van der Waals surface area contributed by atoms with Gasteiger partial charge in [0.05, 0.1) is 24.2 Å². The van der Waals surface area contributed by atoms with Gasteiger partial charge in [-0.15, -0.1) is 0 Å². The van der Waals surface area contributed by atoms with Crippen molar-refractivity contribution in [2.24, 2.45) is 0 Å². The second-order valence-electron chi connectivity index (χ2n) is 5.88. The van der Waals surface area contributed by atoms with Gasteiger partial charge in [-0.3, -0.25) is 14.7 Å². The van der Waals surface area contributed by atoms with Gasteiger partial charge < -0.3 is 9.73 Å². The van der Waals surface area contributed by atoms with E-state index in [2.05, 4.69) is 20.2 Å². The molecule has 122 valence electrons. The van der Waals surface area contributed by atoms with Crippen LogP contribution >= 0.6 is 0 Å². The third-order valence-electron chi connectivity index (χ3n) is 4.17. The van der Waals surface area contributed by atoms with Crippen LogP contribution in [0.15, 0.2) is 35.2 Å². The third-order valence-corrected chi connectivity index (χ3v) is 4.17. The van der Waals surface area contributed by atoms with Gasteiger partial charge in [-0.2, -0.15) is 0 Å². The van der Waals surface area contributed by atoms with Crippen molar-refractivity contribution < 1.29 is 9.21 Å². The van der Waals surface area contributed by atoms with Crippen LogP contribution < -0.4 is 5.32 Å². The number of aromatic nitrogens is 2. The Bertz CT molecular complexity index is 619. The molecule has 2 aromatic heterocycles. The summed E-state index contributed by atoms with van der Waals surface area (Å²) in [6.07, 6.45) is 8.44. The number of furan rings is 1. The highest BCUT2D eigenvalue weighted by Gasteiger charge is 2.25. The van der Waals surface area contributed by atoms with E-state index in [0.29, 0.717) is 12.2 Å². The van der Waals surface area contributed by atoms with Crippen molar-refractivity contribution in [1.82, 2.24) is 20.2 Å². The SMILES string of the molecule is Cc1cnc(C(=O)NC[C@H](c2ccco2)N2CCCCC2)cn1. The van der Waals surface area contributed by atoms with E-state index in [9.17, 15) is 4.79 Å². The third kappa shape index (κ3) is 3.96. The van der Waals surface area contributed by atoms with E-state index in [1.165, 1.54) is 25.5 Å². The lowest BCUT2D eigenvalue weighted by molar-refractivity contribution is 0.0909. The van der Waals surface area contributed by atoms with Gasteiger partial charge in [-0.1, -0.05) is 6.42 Å². The summed E-state index contributed by atoms with van der Waals surface area (Å²) < 4.78 is 5.58. The highest BCUT2D eigenvalue weighted by atomic mass is 16.3. The number of nitrogens with one attached hydrogen (secondary N) is 1. The van der Waals surface area contributed by atoms with Gasteiger partial charge in [0.1, 0.15) is 11.5 Å². The van der Waals surface area contributed by atoms with E-state index >= 15 is 0 Å². The second-order valence-corrected chi connectivity index (χ2v) is 5.88. The lowest BCUT2D eigenvalue weighted by Gasteiger charge is -2.33. The quantitative estimate of drug-likeness (QED) is 0.917. The van der Waals surface area contributed by atoms with Crippen molar-refractivity contribution in [3.05, 3.63) is 47.9 Å². The smallest absolute Gasteiger partial charge is 0.271 e. The molecule has 1 aliphatic rings. The molecule has 23 heavy (non-hydrogen) atoms. The van der Waals surface area contributed by atoms with Crippen molar-refractivity contribution in [2.75, 3.05) is 19.6 Å². The van der Waals surface area contributed by atoms with Crippen molar-refractivity contribution in [1.29, 1.82) is 0 Å². The summed E-state index contributed by atoms with van der Waals surface area (Å²) >= 11 is 0. The molecule has 0 aromatic carbocycles. The molecule has 0 radical (unpaired) electrons. The average Bonchev–Trinajstić information content (AvgIpc) is 3.11. The van der Waals surface area contributed by atoms with Crippen molar-refractivity contribution >= 4 is 5.91 Å². The first-order chi connectivity index (χ1) is 11.2. The summed E-state index contributed by atoms with van der Waals surface area (Å²) in [6.45, 7) is 4.41. The summed E-state index contributed by atoms with van der Waals surface area (Å²) in [4.78, 5) is 22.9. The Morgan fingerprint density at radius 2 is 2.13 bits per heavy atom. The molecule has 0 unspecified atom stereocenters. The van der Waals surface area contributed by atoms with Gasteiger partial charge in [-0.05, 0) is 45.0 Å². The lowest BCUT2D eigenvalue weighted by Crippen LogP contribution is -2.40. The largest absolute Gasteiger partial charge is 0.468 e. The van der Waals surface area contributed by atoms with Gasteiger partial charge in [0.15, 0.2) is 0 Å². The number of carbonyl (C=O) groups excluding carboxylic acids is 1. The van der Waals surface area contributed by atoms with E-state index in [4.69, 9.17) is 4.42 Å². The Morgan fingerprint density at radius 1 is 1.30 bits per heavy atom. The fraction of sp³-hybridized carbons (Fsp3) is 0.471. The first kappa shape index (κ1) is 15.7. The number of amides is 1. The summed E-state index contributed by atoms with van der Waals surface area (Å²) in [5, 5.41) is 2.96. The van der Waals surface area contributed by atoms with E-state index in [1.54, 1.807) is 12.5 Å². The van der Waals surface area contributed by atoms with E-state index in [-0.39, 0.29) is 11.9 Å². The molecule has 6 nitrogen and oxygen atoms in total. The number of hydrogen-bond donors (Lipinski definition) is 1. The van der Waals surface area contributed by atoms with Gasteiger partial charge in [0.2, 0.25) is 0 Å². The monoisotopic (exact) mass is 314 g/mol. The summed E-state index contributed by atoms with van der Waals surface area (Å²) in [5.41, 5.74) is 1.13. The number of nitrogens with zero attached hydrogens (tertiary/aromatic N) is 3. The number of rotatable bonds is 5. The maximum Gasteiger partial charge on any atom is 0.271 e. The normalized spacial score (nSPS) is 16.9. The topological polar surface area (TPSA) is 71.3 Å². The van der Waals surface area contributed by atoms with Crippen molar-refractivity contribution in [3.8, 4) is 0 Å². The van der Waals surface area contributed by atoms with Crippen LogP contribution in [0.25, 0.3) is 0 Å². The standard InChI is InChI=1S/C17H22N4O2/c1-13-10-19-14(11-18-13)17(22)20-12-15(16-6-5-9-23-16)21-7-3-2-4-8-21/h5-6,9-11,15H,2-4,7-8,12H2,1H3,(H,20,22)/t15-/m1/s1. The van der Waals surface area contributed by atoms with Crippen LogP contribution in [0, 0.1) is 6.92 Å². The maximum atomic E-state index is 12.3. The predicted octanol–water partition coefficient (Wildman–Crippen LogP) is 2.34. The lowest BCUT2D eigenvalue weighted by atomic mass is 10.1. The second kappa shape index (κ2) is 7.37. The first-order valence-electron chi connectivity index (χ1n) is 8.08. The van der Waals surface area contributed by atoms with Gasteiger partial charge in [-0.25, -0.2) is 4.98 Å². The Morgan fingerprint density at radius 3 is 2.78 bits per heavy atom. The Hall–Kier alpha value is -2.21. The number of hydrogen-bond acceptors (Lipinski definition) is 5. The molecule has 1 saturated heterocycles. The molecule has 0 aliphatic carbocycles.